The van der Waals surface area contributed by atoms with Crippen LogP contribution in [0.25, 0.3) is 6.08 Å². The van der Waals surface area contributed by atoms with Gasteiger partial charge in [0.2, 0.25) is 0 Å². The van der Waals surface area contributed by atoms with Crippen molar-refractivity contribution in [2.24, 2.45) is 7.05 Å². The fourth-order valence-corrected chi connectivity index (χ4v) is 1.54. The highest BCUT2D eigenvalue weighted by Crippen LogP contribution is 2.12. The lowest BCUT2D eigenvalue weighted by Gasteiger charge is -2.06. The number of hydrogen-bond acceptors (Lipinski definition) is 3. The Morgan fingerprint density at radius 3 is 2.58 bits per heavy atom. The SMILES string of the molecule is CC(C)NC(=O)/C(C#N)=C\c1cc(C(=O)O)n(C)c1. The van der Waals surface area contributed by atoms with E-state index in [0.717, 1.165) is 0 Å². The second kappa shape index (κ2) is 5.87. The number of carbonyl (C=O) groups excluding carboxylic acids is 1. The van der Waals surface area contributed by atoms with E-state index in [1.54, 1.807) is 33.2 Å². The van der Waals surface area contributed by atoms with Gasteiger partial charge in [-0.3, -0.25) is 4.79 Å². The molecule has 0 bridgehead atoms. The van der Waals surface area contributed by atoms with Crippen LogP contribution >= 0.6 is 0 Å². The Labute approximate surface area is 111 Å². The molecule has 6 nitrogen and oxygen atoms in total. The molecule has 0 radical (unpaired) electrons. The van der Waals surface area contributed by atoms with Gasteiger partial charge in [-0.2, -0.15) is 5.26 Å². The molecular formula is C13H15N3O3. The Hall–Kier alpha value is -2.55. The molecule has 19 heavy (non-hydrogen) atoms. The summed E-state index contributed by atoms with van der Waals surface area (Å²) in [6, 6.07) is 3.14. The number of hydrogen-bond donors (Lipinski definition) is 2. The van der Waals surface area contributed by atoms with Gasteiger partial charge in [0.1, 0.15) is 17.3 Å². The molecule has 0 saturated heterocycles. The van der Waals surface area contributed by atoms with E-state index in [2.05, 4.69) is 5.32 Å². The molecule has 100 valence electrons. The van der Waals surface area contributed by atoms with Crippen molar-refractivity contribution in [1.82, 2.24) is 9.88 Å². The van der Waals surface area contributed by atoms with Crippen LogP contribution < -0.4 is 5.32 Å². The zero-order valence-electron chi connectivity index (χ0n) is 11.0. The Morgan fingerprint density at radius 2 is 2.16 bits per heavy atom. The van der Waals surface area contributed by atoms with E-state index < -0.39 is 11.9 Å². The van der Waals surface area contributed by atoms with Gasteiger partial charge in [0, 0.05) is 19.3 Å². The molecule has 0 aliphatic rings. The summed E-state index contributed by atoms with van der Waals surface area (Å²) in [5.74, 6) is -1.54. The Bertz CT molecular complexity index is 576. The predicted molar refractivity (Wildman–Crippen MR) is 69.2 cm³/mol. The molecule has 1 aromatic rings. The summed E-state index contributed by atoms with van der Waals surface area (Å²) < 4.78 is 1.42. The second-order valence-corrected chi connectivity index (χ2v) is 4.37. The van der Waals surface area contributed by atoms with E-state index in [9.17, 15) is 9.59 Å². The van der Waals surface area contributed by atoms with Gasteiger partial charge in [-0.1, -0.05) is 0 Å². The highest BCUT2D eigenvalue weighted by atomic mass is 16.4. The summed E-state index contributed by atoms with van der Waals surface area (Å²) in [7, 11) is 1.58. The topological polar surface area (TPSA) is 95.1 Å². The Morgan fingerprint density at radius 1 is 1.53 bits per heavy atom. The summed E-state index contributed by atoms with van der Waals surface area (Å²) >= 11 is 0. The van der Waals surface area contributed by atoms with Gasteiger partial charge < -0.3 is 15.0 Å². The minimum absolute atomic E-state index is 0.0590. The van der Waals surface area contributed by atoms with E-state index >= 15 is 0 Å². The standard InChI is InChI=1S/C13H15N3O3/c1-8(2)15-12(17)10(6-14)4-9-5-11(13(18)19)16(3)7-9/h4-5,7-8H,1-3H3,(H,15,17)(H,18,19)/b10-4-. The molecule has 0 spiro atoms. The number of rotatable bonds is 4. The maximum atomic E-state index is 11.7. The van der Waals surface area contributed by atoms with Gasteiger partial charge in [0.25, 0.3) is 5.91 Å². The van der Waals surface area contributed by atoms with Crippen molar-refractivity contribution in [2.45, 2.75) is 19.9 Å². The fraction of sp³-hybridized carbons (Fsp3) is 0.308. The molecule has 0 aliphatic carbocycles. The number of aromatic nitrogens is 1. The lowest BCUT2D eigenvalue weighted by atomic mass is 10.2. The molecule has 6 heteroatoms. The van der Waals surface area contributed by atoms with Crippen molar-refractivity contribution in [2.75, 3.05) is 0 Å². The van der Waals surface area contributed by atoms with Crippen molar-refractivity contribution in [1.29, 1.82) is 5.26 Å². The zero-order valence-corrected chi connectivity index (χ0v) is 11.0. The van der Waals surface area contributed by atoms with Crippen LogP contribution in [0, 0.1) is 11.3 Å². The van der Waals surface area contributed by atoms with Crippen LogP contribution in [-0.2, 0) is 11.8 Å². The first-order valence-electron chi connectivity index (χ1n) is 5.67. The molecule has 0 atom stereocenters. The molecule has 1 heterocycles. The first kappa shape index (κ1) is 14.5. The number of nitrogens with zero attached hydrogens (tertiary/aromatic N) is 2. The molecule has 2 N–H and O–H groups in total. The first-order chi connectivity index (χ1) is 8.85. The maximum absolute atomic E-state index is 11.7. The number of nitriles is 1. The number of nitrogens with one attached hydrogen (secondary N) is 1. The molecule has 1 rings (SSSR count). The van der Waals surface area contributed by atoms with Crippen LogP contribution in [0.15, 0.2) is 17.8 Å². The van der Waals surface area contributed by atoms with E-state index in [0.29, 0.717) is 5.56 Å². The van der Waals surface area contributed by atoms with Crippen molar-refractivity contribution >= 4 is 18.0 Å². The number of aromatic carboxylic acids is 1. The Kier molecular flexibility index (Phi) is 4.48. The average molecular weight is 261 g/mol. The van der Waals surface area contributed by atoms with Crippen LogP contribution in [0.2, 0.25) is 0 Å². The van der Waals surface area contributed by atoms with E-state index in [1.165, 1.54) is 16.7 Å². The van der Waals surface area contributed by atoms with Crippen molar-refractivity contribution in [3.63, 3.8) is 0 Å². The lowest BCUT2D eigenvalue weighted by Crippen LogP contribution is -2.30. The van der Waals surface area contributed by atoms with Gasteiger partial charge in [0.15, 0.2) is 0 Å². The molecule has 0 aromatic carbocycles. The van der Waals surface area contributed by atoms with Crippen LogP contribution in [0.5, 0.6) is 0 Å². The third-order valence-corrected chi connectivity index (χ3v) is 2.34. The largest absolute Gasteiger partial charge is 0.477 e. The minimum atomic E-state index is -1.06. The van der Waals surface area contributed by atoms with Crippen LogP contribution in [0.3, 0.4) is 0 Å². The van der Waals surface area contributed by atoms with Crippen molar-refractivity contribution < 1.29 is 14.7 Å². The summed E-state index contributed by atoms with van der Waals surface area (Å²) in [5.41, 5.74) is 0.527. The van der Waals surface area contributed by atoms with Crippen LogP contribution in [-0.4, -0.2) is 27.6 Å². The summed E-state index contributed by atoms with van der Waals surface area (Å²) in [4.78, 5) is 22.6. The van der Waals surface area contributed by atoms with E-state index in [1.807, 2.05) is 0 Å². The van der Waals surface area contributed by atoms with Gasteiger partial charge in [-0.05, 0) is 31.6 Å². The molecule has 0 unspecified atom stereocenters. The zero-order chi connectivity index (χ0) is 14.6. The quantitative estimate of drug-likeness (QED) is 0.628. The van der Waals surface area contributed by atoms with E-state index in [4.69, 9.17) is 10.4 Å². The number of amides is 1. The second-order valence-electron chi connectivity index (χ2n) is 4.37. The highest BCUT2D eigenvalue weighted by molar-refractivity contribution is 6.02. The predicted octanol–water partition coefficient (Wildman–Crippen LogP) is 1.15. The molecule has 0 saturated carbocycles. The lowest BCUT2D eigenvalue weighted by molar-refractivity contribution is -0.117. The third kappa shape index (κ3) is 3.71. The summed E-state index contributed by atoms with van der Waals surface area (Å²) in [5, 5.41) is 20.5. The number of carbonyl (C=O) groups is 2. The summed E-state index contributed by atoms with van der Waals surface area (Å²) in [6.45, 7) is 3.58. The maximum Gasteiger partial charge on any atom is 0.352 e. The summed E-state index contributed by atoms with van der Waals surface area (Å²) in [6.07, 6.45) is 2.91. The van der Waals surface area contributed by atoms with Crippen LogP contribution in [0.4, 0.5) is 0 Å². The number of aryl methyl sites for hydroxylation is 1. The third-order valence-electron chi connectivity index (χ3n) is 2.34. The van der Waals surface area contributed by atoms with Gasteiger partial charge in [0.05, 0.1) is 0 Å². The van der Waals surface area contributed by atoms with Crippen molar-refractivity contribution in [3.8, 4) is 6.07 Å². The smallest absolute Gasteiger partial charge is 0.352 e. The monoisotopic (exact) mass is 261 g/mol. The molecule has 1 aromatic heterocycles. The normalized spacial score (nSPS) is 11.2. The average Bonchev–Trinajstić information content (AvgIpc) is 2.66. The Balaban J connectivity index is 3.06. The fourth-order valence-electron chi connectivity index (χ4n) is 1.54. The van der Waals surface area contributed by atoms with Gasteiger partial charge in [-0.25, -0.2) is 4.79 Å². The molecule has 0 fully saturated rings. The van der Waals surface area contributed by atoms with Gasteiger partial charge >= 0.3 is 5.97 Å². The number of carboxylic acids is 1. The molecule has 1 amide bonds. The van der Waals surface area contributed by atoms with Gasteiger partial charge in [-0.15, -0.1) is 0 Å². The van der Waals surface area contributed by atoms with Crippen LogP contribution in [0.1, 0.15) is 29.9 Å². The van der Waals surface area contributed by atoms with E-state index in [-0.39, 0.29) is 17.3 Å². The first-order valence-corrected chi connectivity index (χ1v) is 5.67. The number of carboxylic acid groups (broad SMARTS) is 1. The molecular weight excluding hydrogens is 246 g/mol. The molecule has 0 aliphatic heterocycles. The highest BCUT2D eigenvalue weighted by Gasteiger charge is 2.13. The van der Waals surface area contributed by atoms with Crippen molar-refractivity contribution in [3.05, 3.63) is 29.1 Å². The minimum Gasteiger partial charge on any atom is -0.477 e.